The number of rotatable bonds is 0. The molecule has 15 heavy (non-hydrogen) atoms. The Morgan fingerprint density at radius 3 is 1.33 bits per heavy atom. The summed E-state index contributed by atoms with van der Waals surface area (Å²) in [6.07, 6.45) is -0.685. The molecule has 88 valence electrons. The average Bonchev–Trinajstić information content (AvgIpc) is 2.24. The number of hydrogen-bond donors (Lipinski definition) is 0. The Morgan fingerprint density at radius 2 is 0.933 bits per heavy atom. The maximum atomic E-state index is 10.9. The fraction of sp³-hybridized carbons (Fsp3) is 0.889. The van der Waals surface area contributed by atoms with E-state index in [2.05, 4.69) is 0 Å². The third-order valence-corrected chi connectivity index (χ3v) is 1.64. The lowest BCUT2D eigenvalue weighted by atomic mass is 10.7. The number of cyclic esters (lactones) is 2. The molecule has 1 fully saturated rings. The normalized spacial score (nSPS) is 22.3. The minimum Gasteiger partial charge on any atom is -0.432 e. The second-order valence-electron chi connectivity index (χ2n) is 2.78. The molecule has 0 spiro atoms. The van der Waals surface area contributed by atoms with Crippen molar-refractivity contribution in [3.05, 3.63) is 0 Å². The van der Waals surface area contributed by atoms with E-state index in [4.69, 9.17) is 23.7 Å². The van der Waals surface area contributed by atoms with Gasteiger partial charge >= 0.3 is 6.16 Å². The molecule has 1 aliphatic heterocycles. The van der Waals surface area contributed by atoms with Gasteiger partial charge < -0.3 is 23.7 Å². The molecule has 0 aliphatic carbocycles. The molecular formula is C9H16O6. The quantitative estimate of drug-likeness (QED) is 0.543. The fourth-order valence-corrected chi connectivity index (χ4v) is 0.951. The van der Waals surface area contributed by atoms with Crippen LogP contribution in [0.1, 0.15) is 0 Å². The van der Waals surface area contributed by atoms with Crippen molar-refractivity contribution < 1.29 is 28.5 Å². The Bertz CT molecular complexity index is 156. The van der Waals surface area contributed by atoms with Gasteiger partial charge in [-0.3, -0.25) is 0 Å². The molecule has 0 atom stereocenters. The predicted octanol–water partition coefficient (Wildman–Crippen LogP) is 0.203. The summed E-state index contributed by atoms with van der Waals surface area (Å²) in [4.78, 5) is 10.9. The van der Waals surface area contributed by atoms with Crippen molar-refractivity contribution >= 4 is 6.16 Å². The molecule has 1 aliphatic rings. The van der Waals surface area contributed by atoms with Gasteiger partial charge in [0.1, 0.15) is 13.2 Å². The molecule has 0 saturated carbocycles. The summed E-state index contributed by atoms with van der Waals surface area (Å²) in [5, 5.41) is 0. The van der Waals surface area contributed by atoms with Crippen molar-refractivity contribution in [1.29, 1.82) is 0 Å². The number of carbonyl (C=O) groups is 1. The molecule has 0 N–H and O–H groups in total. The van der Waals surface area contributed by atoms with E-state index in [9.17, 15) is 4.79 Å². The Balaban J connectivity index is 2.13. The second kappa shape index (κ2) is 8.46. The third-order valence-electron chi connectivity index (χ3n) is 1.64. The average molecular weight is 220 g/mol. The molecule has 0 aromatic rings. The van der Waals surface area contributed by atoms with Crippen molar-refractivity contribution in [2.45, 2.75) is 0 Å². The van der Waals surface area contributed by atoms with Gasteiger partial charge in [-0.05, 0) is 0 Å². The van der Waals surface area contributed by atoms with E-state index in [1.54, 1.807) is 0 Å². The maximum Gasteiger partial charge on any atom is 0.508 e. The lowest BCUT2D eigenvalue weighted by Crippen LogP contribution is -2.18. The van der Waals surface area contributed by atoms with Crippen molar-refractivity contribution in [1.82, 2.24) is 0 Å². The van der Waals surface area contributed by atoms with E-state index in [1.807, 2.05) is 0 Å². The zero-order valence-electron chi connectivity index (χ0n) is 8.61. The highest BCUT2D eigenvalue weighted by Gasteiger charge is 2.03. The van der Waals surface area contributed by atoms with Crippen molar-refractivity contribution in [2.75, 3.05) is 52.9 Å². The van der Waals surface area contributed by atoms with Crippen LogP contribution in [-0.2, 0) is 23.7 Å². The van der Waals surface area contributed by atoms with Crippen LogP contribution < -0.4 is 0 Å². The van der Waals surface area contributed by atoms with Gasteiger partial charge in [-0.2, -0.15) is 0 Å². The van der Waals surface area contributed by atoms with Crippen LogP contribution in [0, 0.1) is 0 Å². The molecule has 1 saturated heterocycles. The molecule has 0 aromatic heterocycles. The first kappa shape index (κ1) is 12.2. The minimum absolute atomic E-state index is 0.194. The summed E-state index contributed by atoms with van der Waals surface area (Å²) in [6, 6.07) is 0. The van der Waals surface area contributed by atoms with Crippen LogP contribution in [0.5, 0.6) is 0 Å². The summed E-state index contributed by atoms with van der Waals surface area (Å²) in [5.41, 5.74) is 0. The summed E-state index contributed by atoms with van der Waals surface area (Å²) < 4.78 is 24.9. The highest BCUT2D eigenvalue weighted by molar-refractivity contribution is 5.59. The van der Waals surface area contributed by atoms with Gasteiger partial charge in [0.2, 0.25) is 0 Å². The van der Waals surface area contributed by atoms with E-state index < -0.39 is 6.16 Å². The summed E-state index contributed by atoms with van der Waals surface area (Å²) in [6.45, 7) is 3.11. The zero-order chi connectivity index (χ0) is 10.8. The van der Waals surface area contributed by atoms with Gasteiger partial charge in [-0.25, -0.2) is 4.79 Å². The van der Waals surface area contributed by atoms with E-state index in [0.29, 0.717) is 39.6 Å². The van der Waals surface area contributed by atoms with Gasteiger partial charge in [0.15, 0.2) is 0 Å². The van der Waals surface area contributed by atoms with E-state index >= 15 is 0 Å². The first-order valence-electron chi connectivity index (χ1n) is 4.92. The van der Waals surface area contributed by atoms with Crippen molar-refractivity contribution in [3.63, 3.8) is 0 Å². The second-order valence-corrected chi connectivity index (χ2v) is 2.78. The molecule has 0 aromatic carbocycles. The van der Waals surface area contributed by atoms with Gasteiger partial charge in [0.05, 0.1) is 39.6 Å². The standard InChI is InChI=1S/C9H16O6/c10-9-14-7-5-12-3-1-11-2-4-13-6-8-15-9/h1-8H2. The highest BCUT2D eigenvalue weighted by atomic mass is 16.7. The molecule has 6 heteroatoms. The van der Waals surface area contributed by atoms with Crippen LogP contribution in [0.25, 0.3) is 0 Å². The van der Waals surface area contributed by atoms with E-state index in [-0.39, 0.29) is 13.2 Å². The fourth-order valence-electron chi connectivity index (χ4n) is 0.951. The Morgan fingerprint density at radius 1 is 0.600 bits per heavy atom. The molecule has 0 radical (unpaired) electrons. The number of ether oxygens (including phenoxy) is 5. The van der Waals surface area contributed by atoms with Crippen molar-refractivity contribution in [3.8, 4) is 0 Å². The lowest BCUT2D eigenvalue weighted by Gasteiger charge is -2.10. The summed E-state index contributed by atoms with van der Waals surface area (Å²) in [5.74, 6) is 0. The van der Waals surface area contributed by atoms with Crippen molar-refractivity contribution in [2.24, 2.45) is 0 Å². The SMILES string of the molecule is O=C1OCCOCCOCCOCCO1. The number of hydrogen-bond acceptors (Lipinski definition) is 6. The molecule has 1 heterocycles. The maximum absolute atomic E-state index is 10.9. The van der Waals surface area contributed by atoms with Crippen LogP contribution in [0.4, 0.5) is 4.79 Å². The topological polar surface area (TPSA) is 63.2 Å². The third kappa shape index (κ3) is 7.12. The monoisotopic (exact) mass is 220 g/mol. The van der Waals surface area contributed by atoms with Crippen LogP contribution in [0.2, 0.25) is 0 Å². The van der Waals surface area contributed by atoms with Crippen LogP contribution in [0.15, 0.2) is 0 Å². The molecule has 6 nitrogen and oxygen atoms in total. The van der Waals surface area contributed by atoms with Gasteiger partial charge in [-0.1, -0.05) is 0 Å². The molecule has 0 amide bonds. The minimum atomic E-state index is -0.685. The smallest absolute Gasteiger partial charge is 0.432 e. The molecule has 0 unspecified atom stereocenters. The Hall–Kier alpha value is -0.850. The van der Waals surface area contributed by atoms with Gasteiger partial charge in [0.25, 0.3) is 0 Å². The van der Waals surface area contributed by atoms with E-state index in [0.717, 1.165) is 0 Å². The zero-order valence-corrected chi connectivity index (χ0v) is 8.61. The highest BCUT2D eigenvalue weighted by Crippen LogP contribution is 1.89. The first-order chi connectivity index (χ1) is 7.39. The Labute approximate surface area is 88.4 Å². The lowest BCUT2D eigenvalue weighted by molar-refractivity contribution is -0.0245. The summed E-state index contributed by atoms with van der Waals surface area (Å²) in [7, 11) is 0. The largest absolute Gasteiger partial charge is 0.508 e. The Kier molecular flexibility index (Phi) is 6.89. The molecular weight excluding hydrogens is 204 g/mol. The number of carbonyl (C=O) groups excluding carboxylic acids is 1. The van der Waals surface area contributed by atoms with Crippen LogP contribution in [0.3, 0.4) is 0 Å². The first-order valence-corrected chi connectivity index (χ1v) is 4.92. The van der Waals surface area contributed by atoms with Crippen LogP contribution >= 0.6 is 0 Å². The molecule has 1 rings (SSSR count). The van der Waals surface area contributed by atoms with Crippen LogP contribution in [-0.4, -0.2) is 59.0 Å². The van der Waals surface area contributed by atoms with E-state index in [1.165, 1.54) is 0 Å². The predicted molar refractivity (Wildman–Crippen MR) is 49.8 cm³/mol. The summed E-state index contributed by atoms with van der Waals surface area (Å²) >= 11 is 0. The van der Waals surface area contributed by atoms with Gasteiger partial charge in [0, 0.05) is 0 Å². The molecule has 0 bridgehead atoms. The van der Waals surface area contributed by atoms with Gasteiger partial charge in [-0.15, -0.1) is 0 Å².